The van der Waals surface area contributed by atoms with Gasteiger partial charge in [0.15, 0.2) is 0 Å². The van der Waals surface area contributed by atoms with E-state index in [0.29, 0.717) is 0 Å². The molecule has 0 saturated carbocycles. The second-order valence-electron chi connectivity index (χ2n) is 3.45. The van der Waals surface area contributed by atoms with Gasteiger partial charge in [-0.3, -0.25) is 0 Å². The predicted molar refractivity (Wildman–Crippen MR) is 50.7 cm³/mol. The first-order chi connectivity index (χ1) is 5.40. The zero-order chi connectivity index (χ0) is 7.68. The van der Waals surface area contributed by atoms with Gasteiger partial charge in [0.2, 0.25) is 0 Å². The molecular formula is C9H15NS. The van der Waals surface area contributed by atoms with Crippen LogP contribution in [-0.2, 0) is 0 Å². The predicted octanol–water partition coefficient (Wildman–Crippen LogP) is 1.79. The van der Waals surface area contributed by atoms with Crippen molar-refractivity contribution in [3.8, 4) is 0 Å². The Balaban J connectivity index is 2.05. The zero-order valence-corrected chi connectivity index (χ0v) is 7.52. The summed E-state index contributed by atoms with van der Waals surface area (Å²) in [6, 6.07) is 0. The lowest BCUT2D eigenvalue weighted by Gasteiger charge is -2.36. The summed E-state index contributed by atoms with van der Waals surface area (Å²) in [6.07, 6.45) is 8.66. The molecule has 2 N–H and O–H groups in total. The molecule has 0 aromatic carbocycles. The van der Waals surface area contributed by atoms with Gasteiger partial charge >= 0.3 is 0 Å². The van der Waals surface area contributed by atoms with E-state index in [1.54, 1.807) is 0 Å². The maximum atomic E-state index is 5.70. The highest BCUT2D eigenvalue weighted by atomic mass is 32.2. The summed E-state index contributed by atoms with van der Waals surface area (Å²) < 4.78 is 0. The Labute approximate surface area is 72.4 Å². The number of allylic oxidation sites excluding steroid dienone is 1. The summed E-state index contributed by atoms with van der Waals surface area (Å²) in [7, 11) is 0. The Kier molecular flexibility index (Phi) is 2.23. The van der Waals surface area contributed by atoms with E-state index in [1.165, 1.54) is 19.3 Å². The standard InChI is InChI=1S/C9H15NS/c10-6-7-4-5-8-2-1-3-9(7)11-8/h1-2,7-9H,3-6,10H2. The highest BCUT2D eigenvalue weighted by Gasteiger charge is 2.30. The van der Waals surface area contributed by atoms with E-state index >= 15 is 0 Å². The molecule has 1 fully saturated rings. The molecule has 2 aliphatic rings. The molecule has 0 radical (unpaired) electrons. The number of rotatable bonds is 1. The fourth-order valence-corrected chi connectivity index (χ4v) is 3.61. The third-order valence-electron chi connectivity index (χ3n) is 2.72. The van der Waals surface area contributed by atoms with Crippen molar-refractivity contribution in [3.05, 3.63) is 12.2 Å². The molecule has 1 nitrogen and oxygen atoms in total. The lowest BCUT2D eigenvalue weighted by atomic mass is 9.92. The Bertz CT molecular complexity index is 167. The van der Waals surface area contributed by atoms with Gasteiger partial charge in [0.05, 0.1) is 0 Å². The van der Waals surface area contributed by atoms with E-state index in [0.717, 1.165) is 23.0 Å². The van der Waals surface area contributed by atoms with E-state index in [4.69, 9.17) is 5.73 Å². The highest BCUT2D eigenvalue weighted by Crippen LogP contribution is 2.40. The average Bonchev–Trinajstić information content (AvgIpc) is 2.06. The van der Waals surface area contributed by atoms with E-state index in [1.807, 2.05) is 0 Å². The van der Waals surface area contributed by atoms with Gasteiger partial charge < -0.3 is 5.73 Å². The second-order valence-corrected chi connectivity index (χ2v) is 4.93. The minimum absolute atomic E-state index is 0.793. The SMILES string of the molecule is NCC1CCC2C=CCC1S2. The molecule has 2 heteroatoms. The molecule has 0 spiro atoms. The van der Waals surface area contributed by atoms with Gasteiger partial charge in [-0.1, -0.05) is 12.2 Å². The molecule has 62 valence electrons. The van der Waals surface area contributed by atoms with Gasteiger partial charge in [0.1, 0.15) is 0 Å². The third kappa shape index (κ3) is 1.47. The van der Waals surface area contributed by atoms with Gasteiger partial charge in [-0.25, -0.2) is 0 Å². The number of fused-ring (bicyclic) bond motifs is 2. The van der Waals surface area contributed by atoms with Gasteiger partial charge in [0, 0.05) is 10.5 Å². The highest BCUT2D eigenvalue weighted by molar-refractivity contribution is 8.00. The molecule has 2 bridgehead atoms. The molecule has 3 atom stereocenters. The van der Waals surface area contributed by atoms with Crippen LogP contribution in [-0.4, -0.2) is 17.0 Å². The van der Waals surface area contributed by atoms with E-state index in [2.05, 4.69) is 23.9 Å². The average molecular weight is 169 g/mol. The Hall–Kier alpha value is 0.0500. The molecule has 11 heavy (non-hydrogen) atoms. The first-order valence-electron chi connectivity index (χ1n) is 4.42. The van der Waals surface area contributed by atoms with Crippen LogP contribution in [0.3, 0.4) is 0 Å². The normalized spacial score (nSPS) is 42.5. The maximum absolute atomic E-state index is 5.70. The van der Waals surface area contributed by atoms with Crippen LogP contribution >= 0.6 is 11.8 Å². The Morgan fingerprint density at radius 3 is 3.18 bits per heavy atom. The van der Waals surface area contributed by atoms with Crippen molar-refractivity contribution in [1.29, 1.82) is 0 Å². The molecule has 2 aliphatic heterocycles. The fourth-order valence-electron chi connectivity index (χ4n) is 1.99. The first-order valence-corrected chi connectivity index (χ1v) is 5.36. The lowest BCUT2D eigenvalue weighted by molar-refractivity contribution is 0.440. The quantitative estimate of drug-likeness (QED) is 0.606. The van der Waals surface area contributed by atoms with Crippen LogP contribution in [0, 0.1) is 5.92 Å². The van der Waals surface area contributed by atoms with Crippen LogP contribution in [0.2, 0.25) is 0 Å². The summed E-state index contributed by atoms with van der Waals surface area (Å²) in [5.74, 6) is 0.793. The van der Waals surface area contributed by atoms with Crippen LogP contribution in [0.25, 0.3) is 0 Å². The van der Waals surface area contributed by atoms with Crippen molar-refractivity contribution in [3.63, 3.8) is 0 Å². The van der Waals surface area contributed by atoms with Gasteiger partial charge in [-0.2, -0.15) is 11.8 Å². The van der Waals surface area contributed by atoms with Crippen LogP contribution in [0.1, 0.15) is 19.3 Å². The van der Waals surface area contributed by atoms with Crippen molar-refractivity contribution in [2.24, 2.45) is 11.7 Å². The van der Waals surface area contributed by atoms with E-state index in [9.17, 15) is 0 Å². The molecule has 2 rings (SSSR count). The molecular weight excluding hydrogens is 154 g/mol. The summed E-state index contributed by atoms with van der Waals surface area (Å²) in [6.45, 7) is 0.887. The minimum atomic E-state index is 0.793. The Morgan fingerprint density at radius 2 is 2.36 bits per heavy atom. The second kappa shape index (κ2) is 3.20. The number of thioether (sulfide) groups is 1. The summed E-state index contributed by atoms with van der Waals surface area (Å²) in [5.41, 5.74) is 5.70. The number of hydrogen-bond donors (Lipinski definition) is 1. The number of hydrogen-bond acceptors (Lipinski definition) is 2. The number of nitrogens with two attached hydrogens (primary N) is 1. The van der Waals surface area contributed by atoms with Crippen molar-refractivity contribution in [2.45, 2.75) is 29.8 Å². The summed E-state index contributed by atoms with van der Waals surface area (Å²) in [4.78, 5) is 0. The summed E-state index contributed by atoms with van der Waals surface area (Å²) in [5, 5.41) is 1.65. The van der Waals surface area contributed by atoms with E-state index < -0.39 is 0 Å². The molecule has 0 aliphatic carbocycles. The fraction of sp³-hybridized carbons (Fsp3) is 0.778. The van der Waals surface area contributed by atoms with Crippen molar-refractivity contribution in [1.82, 2.24) is 0 Å². The van der Waals surface area contributed by atoms with Gasteiger partial charge in [-0.15, -0.1) is 0 Å². The van der Waals surface area contributed by atoms with Crippen LogP contribution in [0.4, 0.5) is 0 Å². The molecule has 1 saturated heterocycles. The smallest absolute Gasteiger partial charge is 0.0230 e. The third-order valence-corrected chi connectivity index (χ3v) is 4.39. The molecule has 0 amide bonds. The van der Waals surface area contributed by atoms with Gasteiger partial charge in [-0.05, 0) is 31.7 Å². The molecule has 3 unspecified atom stereocenters. The van der Waals surface area contributed by atoms with Crippen molar-refractivity contribution >= 4 is 11.8 Å². The first kappa shape index (κ1) is 7.69. The van der Waals surface area contributed by atoms with Crippen molar-refractivity contribution in [2.75, 3.05) is 6.54 Å². The minimum Gasteiger partial charge on any atom is -0.330 e. The van der Waals surface area contributed by atoms with Crippen molar-refractivity contribution < 1.29 is 0 Å². The van der Waals surface area contributed by atoms with Crippen LogP contribution < -0.4 is 5.73 Å². The lowest BCUT2D eigenvalue weighted by Crippen LogP contribution is -2.33. The Morgan fingerprint density at radius 1 is 1.45 bits per heavy atom. The molecule has 2 heterocycles. The molecule has 0 aromatic rings. The topological polar surface area (TPSA) is 26.0 Å². The van der Waals surface area contributed by atoms with E-state index in [-0.39, 0.29) is 0 Å². The molecule has 0 aromatic heterocycles. The maximum Gasteiger partial charge on any atom is 0.0230 e. The van der Waals surface area contributed by atoms with Crippen LogP contribution in [0.15, 0.2) is 12.2 Å². The zero-order valence-electron chi connectivity index (χ0n) is 6.70. The monoisotopic (exact) mass is 169 g/mol. The van der Waals surface area contributed by atoms with Gasteiger partial charge in [0.25, 0.3) is 0 Å². The largest absolute Gasteiger partial charge is 0.330 e. The summed E-state index contributed by atoms with van der Waals surface area (Å²) >= 11 is 2.14. The van der Waals surface area contributed by atoms with Crippen LogP contribution in [0.5, 0.6) is 0 Å².